The molecule has 0 unspecified atom stereocenters. The molecule has 0 bridgehead atoms. The second-order valence-corrected chi connectivity index (χ2v) is 3.76. The number of halogens is 2. The van der Waals surface area contributed by atoms with E-state index < -0.39 is 6.61 Å². The van der Waals surface area contributed by atoms with Gasteiger partial charge in [0.1, 0.15) is 11.4 Å². The van der Waals surface area contributed by atoms with E-state index in [0.717, 1.165) is 5.56 Å². The molecule has 0 saturated carbocycles. The number of para-hydroxylation sites is 1. The van der Waals surface area contributed by atoms with Gasteiger partial charge in [-0.15, -0.1) is 0 Å². The molecule has 0 spiro atoms. The topological polar surface area (TPSA) is 53.1 Å². The molecule has 2 rings (SSSR count). The standard InChI is InChI=1S/C12H13F2N3O/c1-17-7-8(6-15)11(16-17)9-4-2-3-5-10(9)18-12(13)14/h2-5,7,12H,6,15H2,1H3. The molecule has 0 radical (unpaired) electrons. The number of ether oxygens (including phenoxy) is 1. The number of nitrogens with zero attached hydrogens (tertiary/aromatic N) is 2. The number of hydrogen-bond acceptors (Lipinski definition) is 3. The number of aryl methyl sites for hydroxylation is 1. The van der Waals surface area contributed by atoms with Crippen molar-refractivity contribution in [3.63, 3.8) is 0 Å². The molecule has 0 aliphatic rings. The lowest BCUT2D eigenvalue weighted by atomic mass is 10.1. The van der Waals surface area contributed by atoms with Crippen LogP contribution >= 0.6 is 0 Å². The largest absolute Gasteiger partial charge is 0.434 e. The minimum Gasteiger partial charge on any atom is -0.434 e. The molecule has 4 nitrogen and oxygen atoms in total. The molecule has 0 aliphatic carbocycles. The van der Waals surface area contributed by atoms with E-state index in [2.05, 4.69) is 9.84 Å². The Balaban J connectivity index is 2.49. The summed E-state index contributed by atoms with van der Waals surface area (Å²) >= 11 is 0. The third kappa shape index (κ3) is 2.48. The smallest absolute Gasteiger partial charge is 0.387 e. The minimum atomic E-state index is -2.86. The third-order valence-corrected chi connectivity index (χ3v) is 2.48. The molecule has 0 fully saturated rings. The van der Waals surface area contributed by atoms with Crippen molar-refractivity contribution in [2.45, 2.75) is 13.2 Å². The van der Waals surface area contributed by atoms with Crippen LogP contribution in [0.4, 0.5) is 8.78 Å². The number of alkyl halides is 2. The van der Waals surface area contributed by atoms with Crippen molar-refractivity contribution in [3.8, 4) is 17.0 Å². The van der Waals surface area contributed by atoms with Crippen molar-refractivity contribution >= 4 is 0 Å². The van der Waals surface area contributed by atoms with E-state index in [4.69, 9.17) is 5.73 Å². The summed E-state index contributed by atoms with van der Waals surface area (Å²) in [5.41, 5.74) is 7.47. The third-order valence-electron chi connectivity index (χ3n) is 2.48. The average molecular weight is 253 g/mol. The van der Waals surface area contributed by atoms with E-state index in [1.807, 2.05) is 0 Å². The minimum absolute atomic E-state index is 0.0981. The molecule has 0 aliphatic heterocycles. The molecule has 0 amide bonds. The molecular formula is C12H13F2N3O. The first-order valence-electron chi connectivity index (χ1n) is 5.38. The number of rotatable bonds is 4. The number of nitrogens with two attached hydrogens (primary N) is 1. The molecule has 2 N–H and O–H groups in total. The Hall–Kier alpha value is -1.95. The van der Waals surface area contributed by atoms with Gasteiger partial charge in [-0.2, -0.15) is 13.9 Å². The molecule has 0 saturated heterocycles. The summed E-state index contributed by atoms with van der Waals surface area (Å²) in [5, 5.41) is 4.23. The van der Waals surface area contributed by atoms with Crippen LogP contribution < -0.4 is 10.5 Å². The van der Waals surface area contributed by atoms with Crippen molar-refractivity contribution in [1.82, 2.24) is 9.78 Å². The van der Waals surface area contributed by atoms with Gasteiger partial charge in [0.25, 0.3) is 0 Å². The van der Waals surface area contributed by atoms with Gasteiger partial charge in [0, 0.05) is 30.9 Å². The van der Waals surface area contributed by atoms with Gasteiger partial charge in [-0.1, -0.05) is 12.1 Å². The second kappa shape index (κ2) is 5.14. The molecule has 0 atom stereocenters. The fraction of sp³-hybridized carbons (Fsp3) is 0.250. The Morgan fingerprint density at radius 2 is 2.11 bits per heavy atom. The average Bonchev–Trinajstić information content (AvgIpc) is 2.70. The monoisotopic (exact) mass is 253 g/mol. The van der Waals surface area contributed by atoms with Crippen LogP contribution in [0, 0.1) is 0 Å². The normalized spacial score (nSPS) is 10.9. The first-order valence-corrected chi connectivity index (χ1v) is 5.38. The van der Waals surface area contributed by atoms with Crippen LogP contribution in [0.3, 0.4) is 0 Å². The predicted molar refractivity (Wildman–Crippen MR) is 63.2 cm³/mol. The highest BCUT2D eigenvalue weighted by Crippen LogP contribution is 2.31. The highest BCUT2D eigenvalue weighted by molar-refractivity contribution is 5.69. The Morgan fingerprint density at radius 3 is 2.78 bits per heavy atom. The maximum Gasteiger partial charge on any atom is 0.387 e. The van der Waals surface area contributed by atoms with Gasteiger partial charge in [-0.25, -0.2) is 0 Å². The van der Waals surface area contributed by atoms with Crippen LogP contribution in [0.15, 0.2) is 30.5 Å². The van der Waals surface area contributed by atoms with Crippen LogP contribution in [0.2, 0.25) is 0 Å². The lowest BCUT2D eigenvalue weighted by Gasteiger charge is -2.09. The predicted octanol–water partition coefficient (Wildman–Crippen LogP) is 2.15. The lowest BCUT2D eigenvalue weighted by Crippen LogP contribution is -2.04. The zero-order valence-corrected chi connectivity index (χ0v) is 9.81. The Kier molecular flexibility index (Phi) is 3.57. The molecule has 18 heavy (non-hydrogen) atoms. The molecule has 1 aromatic carbocycles. The molecule has 1 heterocycles. The van der Waals surface area contributed by atoms with Crippen LogP contribution in [0.1, 0.15) is 5.56 Å². The van der Waals surface area contributed by atoms with Gasteiger partial charge in [-0.05, 0) is 12.1 Å². The van der Waals surface area contributed by atoms with E-state index in [9.17, 15) is 8.78 Å². The zero-order valence-electron chi connectivity index (χ0n) is 9.81. The first kappa shape index (κ1) is 12.5. The van der Waals surface area contributed by atoms with Crippen LogP contribution in [0.5, 0.6) is 5.75 Å². The van der Waals surface area contributed by atoms with Crippen molar-refractivity contribution < 1.29 is 13.5 Å². The summed E-state index contributed by atoms with van der Waals surface area (Å²) in [6.07, 6.45) is 1.76. The van der Waals surface area contributed by atoms with E-state index in [1.165, 1.54) is 6.07 Å². The van der Waals surface area contributed by atoms with Crippen molar-refractivity contribution in [1.29, 1.82) is 0 Å². The van der Waals surface area contributed by atoms with Crippen molar-refractivity contribution in [2.24, 2.45) is 12.8 Å². The fourth-order valence-corrected chi connectivity index (χ4v) is 1.77. The molecule has 1 aromatic heterocycles. The number of aromatic nitrogens is 2. The van der Waals surface area contributed by atoms with E-state index in [-0.39, 0.29) is 12.3 Å². The van der Waals surface area contributed by atoms with E-state index in [1.54, 1.807) is 36.1 Å². The Labute approximate surface area is 103 Å². The summed E-state index contributed by atoms with van der Waals surface area (Å²) in [5.74, 6) is 0.0981. The summed E-state index contributed by atoms with van der Waals surface area (Å²) in [4.78, 5) is 0. The highest BCUT2D eigenvalue weighted by Gasteiger charge is 2.15. The quantitative estimate of drug-likeness (QED) is 0.908. The van der Waals surface area contributed by atoms with Crippen molar-refractivity contribution in [2.75, 3.05) is 0 Å². The second-order valence-electron chi connectivity index (χ2n) is 3.76. The van der Waals surface area contributed by atoms with Crippen molar-refractivity contribution in [3.05, 3.63) is 36.0 Å². The van der Waals surface area contributed by atoms with Gasteiger partial charge in [-0.3, -0.25) is 4.68 Å². The lowest BCUT2D eigenvalue weighted by molar-refractivity contribution is -0.0494. The van der Waals surface area contributed by atoms with Crippen LogP contribution in [0.25, 0.3) is 11.3 Å². The molecule has 96 valence electrons. The molecule has 2 aromatic rings. The van der Waals surface area contributed by atoms with Gasteiger partial charge in [0.05, 0.1) is 0 Å². The summed E-state index contributed by atoms with van der Waals surface area (Å²) < 4.78 is 30.7. The maximum atomic E-state index is 12.3. The summed E-state index contributed by atoms with van der Waals surface area (Å²) in [7, 11) is 1.75. The van der Waals surface area contributed by atoms with Crippen LogP contribution in [-0.2, 0) is 13.6 Å². The van der Waals surface area contributed by atoms with Gasteiger partial charge >= 0.3 is 6.61 Å². The summed E-state index contributed by atoms with van der Waals surface area (Å²) in [6.45, 7) is -2.58. The van der Waals surface area contributed by atoms with Crippen LogP contribution in [-0.4, -0.2) is 16.4 Å². The van der Waals surface area contributed by atoms with E-state index >= 15 is 0 Å². The highest BCUT2D eigenvalue weighted by atomic mass is 19.3. The Morgan fingerprint density at radius 1 is 1.39 bits per heavy atom. The fourth-order valence-electron chi connectivity index (χ4n) is 1.77. The van der Waals surface area contributed by atoms with Gasteiger partial charge in [0.2, 0.25) is 0 Å². The zero-order chi connectivity index (χ0) is 13.1. The molecular weight excluding hydrogens is 240 g/mol. The molecule has 6 heteroatoms. The summed E-state index contributed by atoms with van der Waals surface area (Å²) in [6, 6.07) is 6.53. The first-order chi connectivity index (χ1) is 8.61. The number of benzene rings is 1. The number of hydrogen-bond donors (Lipinski definition) is 1. The van der Waals surface area contributed by atoms with E-state index in [0.29, 0.717) is 11.3 Å². The van der Waals surface area contributed by atoms with Gasteiger partial charge in [0.15, 0.2) is 0 Å². The Bertz CT molecular complexity index is 540. The van der Waals surface area contributed by atoms with Gasteiger partial charge < -0.3 is 10.5 Å². The maximum absolute atomic E-state index is 12.3. The SMILES string of the molecule is Cn1cc(CN)c(-c2ccccc2OC(F)F)n1.